The van der Waals surface area contributed by atoms with Crippen LogP contribution >= 0.6 is 28.3 Å². The number of halogens is 4. The van der Waals surface area contributed by atoms with Gasteiger partial charge in [0, 0.05) is 16.1 Å². The van der Waals surface area contributed by atoms with E-state index in [-0.39, 0.29) is 18.0 Å². The van der Waals surface area contributed by atoms with Crippen LogP contribution in [0, 0.1) is 11.6 Å². The first kappa shape index (κ1) is 15.8. The van der Waals surface area contributed by atoms with Crippen molar-refractivity contribution in [1.82, 2.24) is 0 Å². The Hall–Kier alpha value is -0.230. The predicted molar refractivity (Wildman–Crippen MR) is 66.5 cm³/mol. The summed E-state index contributed by atoms with van der Waals surface area (Å²) in [5, 5.41) is 0. The SMILES string of the molecule is Cl.NCCC[C@@H](N)c1c(F)cc(Br)cc1F. The van der Waals surface area contributed by atoms with Gasteiger partial charge in [-0.3, -0.25) is 0 Å². The Balaban J connectivity index is 0.00000225. The summed E-state index contributed by atoms with van der Waals surface area (Å²) in [7, 11) is 0. The fraction of sp³-hybridized carbons (Fsp3) is 0.400. The van der Waals surface area contributed by atoms with Crippen LogP contribution in [0.4, 0.5) is 8.78 Å². The normalized spacial score (nSPS) is 12.1. The summed E-state index contributed by atoms with van der Waals surface area (Å²) in [6.45, 7) is 0.466. The highest BCUT2D eigenvalue weighted by Crippen LogP contribution is 2.25. The minimum absolute atomic E-state index is 0. The van der Waals surface area contributed by atoms with Gasteiger partial charge in [-0.1, -0.05) is 15.9 Å². The van der Waals surface area contributed by atoms with Gasteiger partial charge in [0.1, 0.15) is 11.6 Å². The highest BCUT2D eigenvalue weighted by Gasteiger charge is 2.16. The quantitative estimate of drug-likeness (QED) is 0.897. The van der Waals surface area contributed by atoms with Gasteiger partial charge in [-0.25, -0.2) is 8.78 Å². The molecule has 0 spiro atoms. The lowest BCUT2D eigenvalue weighted by atomic mass is 10.0. The van der Waals surface area contributed by atoms with Gasteiger partial charge in [0.25, 0.3) is 0 Å². The summed E-state index contributed by atoms with van der Waals surface area (Å²) in [6, 6.07) is 1.78. The molecule has 92 valence electrons. The minimum Gasteiger partial charge on any atom is -0.330 e. The lowest BCUT2D eigenvalue weighted by Gasteiger charge is -2.13. The van der Waals surface area contributed by atoms with Crippen LogP contribution in [0.15, 0.2) is 16.6 Å². The molecule has 1 aromatic rings. The fourth-order valence-corrected chi connectivity index (χ4v) is 1.79. The Kier molecular flexibility index (Phi) is 7.06. The van der Waals surface area contributed by atoms with Crippen LogP contribution in [0.5, 0.6) is 0 Å². The van der Waals surface area contributed by atoms with Crippen molar-refractivity contribution in [3.8, 4) is 0 Å². The smallest absolute Gasteiger partial charge is 0.132 e. The molecule has 1 atom stereocenters. The maximum atomic E-state index is 13.4. The van der Waals surface area contributed by atoms with E-state index in [1.54, 1.807) is 0 Å². The molecule has 1 rings (SSSR count). The standard InChI is InChI=1S/C10H13BrF2N2.ClH/c11-6-4-7(12)10(8(13)5-6)9(15)2-1-3-14;/h4-5,9H,1-3,14-15H2;1H/t9-;/m1./s1. The summed E-state index contributed by atoms with van der Waals surface area (Å²) in [6.07, 6.45) is 1.13. The van der Waals surface area contributed by atoms with Crippen molar-refractivity contribution < 1.29 is 8.78 Å². The number of nitrogens with two attached hydrogens (primary N) is 2. The Bertz CT molecular complexity index is 327. The van der Waals surface area contributed by atoms with Crippen LogP contribution in [0.25, 0.3) is 0 Å². The molecule has 16 heavy (non-hydrogen) atoms. The fourth-order valence-electron chi connectivity index (χ4n) is 1.39. The van der Waals surface area contributed by atoms with E-state index in [1.165, 1.54) is 12.1 Å². The molecule has 0 amide bonds. The molecule has 0 unspecified atom stereocenters. The Labute approximate surface area is 108 Å². The molecule has 0 bridgehead atoms. The molecule has 0 fully saturated rings. The number of benzene rings is 1. The maximum Gasteiger partial charge on any atom is 0.132 e. The Morgan fingerprint density at radius 1 is 1.25 bits per heavy atom. The van der Waals surface area contributed by atoms with E-state index in [4.69, 9.17) is 11.5 Å². The molecule has 0 saturated heterocycles. The molecule has 0 radical (unpaired) electrons. The largest absolute Gasteiger partial charge is 0.330 e. The third-order valence-corrected chi connectivity index (χ3v) is 2.59. The molecule has 1 aromatic carbocycles. The van der Waals surface area contributed by atoms with Crippen LogP contribution < -0.4 is 11.5 Å². The van der Waals surface area contributed by atoms with Crippen LogP contribution in [-0.2, 0) is 0 Å². The van der Waals surface area contributed by atoms with Crippen molar-refractivity contribution in [2.75, 3.05) is 6.54 Å². The monoisotopic (exact) mass is 314 g/mol. The molecular weight excluding hydrogens is 301 g/mol. The molecular formula is C10H14BrClF2N2. The van der Waals surface area contributed by atoms with Gasteiger partial charge in [-0.2, -0.15) is 0 Å². The van der Waals surface area contributed by atoms with Crippen LogP contribution in [0.3, 0.4) is 0 Å². The summed E-state index contributed by atoms with van der Waals surface area (Å²) < 4.78 is 27.2. The van der Waals surface area contributed by atoms with E-state index in [0.717, 1.165) is 0 Å². The van der Waals surface area contributed by atoms with Gasteiger partial charge in [0.2, 0.25) is 0 Å². The molecule has 0 saturated carbocycles. The molecule has 0 aliphatic rings. The summed E-state index contributed by atoms with van der Waals surface area (Å²) in [4.78, 5) is 0. The first-order valence-corrected chi connectivity index (χ1v) is 5.45. The Morgan fingerprint density at radius 3 is 2.19 bits per heavy atom. The summed E-state index contributed by atoms with van der Waals surface area (Å²) in [5.74, 6) is -1.24. The highest BCUT2D eigenvalue weighted by molar-refractivity contribution is 9.10. The topological polar surface area (TPSA) is 52.0 Å². The number of hydrogen-bond donors (Lipinski definition) is 2. The van der Waals surface area contributed by atoms with E-state index < -0.39 is 17.7 Å². The van der Waals surface area contributed by atoms with Gasteiger partial charge < -0.3 is 11.5 Å². The van der Waals surface area contributed by atoms with Gasteiger partial charge >= 0.3 is 0 Å². The average molecular weight is 316 g/mol. The van der Waals surface area contributed by atoms with Crippen LogP contribution in [-0.4, -0.2) is 6.54 Å². The first-order valence-electron chi connectivity index (χ1n) is 4.66. The van der Waals surface area contributed by atoms with E-state index in [0.29, 0.717) is 23.9 Å². The van der Waals surface area contributed by atoms with E-state index in [2.05, 4.69) is 15.9 Å². The molecule has 6 heteroatoms. The zero-order chi connectivity index (χ0) is 11.4. The van der Waals surface area contributed by atoms with E-state index >= 15 is 0 Å². The van der Waals surface area contributed by atoms with Gasteiger partial charge in [-0.15, -0.1) is 12.4 Å². The maximum absolute atomic E-state index is 13.4. The Morgan fingerprint density at radius 2 is 1.75 bits per heavy atom. The number of rotatable bonds is 4. The van der Waals surface area contributed by atoms with E-state index in [1.807, 2.05) is 0 Å². The van der Waals surface area contributed by atoms with Gasteiger partial charge in [0.15, 0.2) is 0 Å². The van der Waals surface area contributed by atoms with Gasteiger partial charge in [0.05, 0.1) is 0 Å². The van der Waals surface area contributed by atoms with Crippen molar-refractivity contribution in [3.63, 3.8) is 0 Å². The summed E-state index contributed by atoms with van der Waals surface area (Å²) in [5.41, 5.74) is 10.9. The lowest BCUT2D eigenvalue weighted by Crippen LogP contribution is -2.16. The second-order valence-electron chi connectivity index (χ2n) is 3.32. The van der Waals surface area contributed by atoms with E-state index in [9.17, 15) is 8.78 Å². The first-order chi connectivity index (χ1) is 7.06. The zero-order valence-corrected chi connectivity index (χ0v) is 11.0. The summed E-state index contributed by atoms with van der Waals surface area (Å²) >= 11 is 3.01. The highest BCUT2D eigenvalue weighted by atomic mass is 79.9. The predicted octanol–water partition coefficient (Wildman–Crippen LogP) is 2.89. The van der Waals surface area contributed by atoms with Crippen molar-refractivity contribution >= 4 is 28.3 Å². The van der Waals surface area contributed by atoms with Crippen LogP contribution in [0.2, 0.25) is 0 Å². The van der Waals surface area contributed by atoms with Crippen molar-refractivity contribution in [1.29, 1.82) is 0 Å². The lowest BCUT2D eigenvalue weighted by molar-refractivity contribution is 0.505. The van der Waals surface area contributed by atoms with Crippen molar-refractivity contribution in [2.45, 2.75) is 18.9 Å². The molecule has 0 heterocycles. The van der Waals surface area contributed by atoms with Gasteiger partial charge in [-0.05, 0) is 31.5 Å². The molecule has 4 N–H and O–H groups in total. The van der Waals surface area contributed by atoms with Crippen LogP contribution in [0.1, 0.15) is 24.4 Å². The molecule has 2 nitrogen and oxygen atoms in total. The molecule has 0 aromatic heterocycles. The second kappa shape index (κ2) is 7.17. The third-order valence-electron chi connectivity index (χ3n) is 2.13. The van der Waals surface area contributed by atoms with Crippen molar-refractivity contribution in [2.24, 2.45) is 11.5 Å². The zero-order valence-electron chi connectivity index (χ0n) is 8.55. The minimum atomic E-state index is -0.637. The third kappa shape index (κ3) is 3.97. The van der Waals surface area contributed by atoms with Crippen molar-refractivity contribution in [3.05, 3.63) is 33.8 Å². The molecule has 0 aliphatic heterocycles. The molecule has 0 aliphatic carbocycles. The second-order valence-corrected chi connectivity index (χ2v) is 4.24. The number of hydrogen-bond acceptors (Lipinski definition) is 2. The average Bonchev–Trinajstić information content (AvgIpc) is 2.12.